The summed E-state index contributed by atoms with van der Waals surface area (Å²) in [5.41, 5.74) is 0.225. The molecule has 1 heterocycles. The van der Waals surface area contributed by atoms with Gasteiger partial charge in [0.15, 0.2) is 6.61 Å². The van der Waals surface area contributed by atoms with Crippen LogP contribution in [0.4, 0.5) is 0 Å². The molecule has 1 N–H and O–H groups in total. The van der Waals surface area contributed by atoms with E-state index < -0.39 is 16.0 Å². The molecule has 1 aliphatic carbocycles. The Balaban J connectivity index is 1.52. The highest BCUT2D eigenvalue weighted by Gasteiger charge is 2.31. The Kier molecular flexibility index (Phi) is 8.71. The fraction of sp³-hybridized carbons (Fsp3) is 0.667. The second kappa shape index (κ2) is 11.3. The molecule has 0 bridgehead atoms. The summed E-state index contributed by atoms with van der Waals surface area (Å²) in [5.74, 6) is -0.300. The third kappa shape index (κ3) is 6.78. The first-order chi connectivity index (χ1) is 15.3. The molecule has 1 aromatic rings. The minimum atomic E-state index is -3.60. The molecule has 1 aliphatic heterocycles. The van der Waals surface area contributed by atoms with E-state index in [0.717, 1.165) is 32.1 Å². The quantitative estimate of drug-likeness (QED) is 0.648. The Morgan fingerprint density at radius 1 is 0.969 bits per heavy atom. The summed E-state index contributed by atoms with van der Waals surface area (Å²) in [6.45, 7) is 4.80. The van der Waals surface area contributed by atoms with Crippen molar-refractivity contribution in [3.05, 3.63) is 29.8 Å². The molecule has 2 fully saturated rings. The predicted octanol–water partition coefficient (Wildman–Crippen LogP) is 3.74. The molecular weight excluding hydrogens is 428 g/mol. The lowest BCUT2D eigenvalue weighted by atomic mass is 9.94. The zero-order valence-electron chi connectivity index (χ0n) is 19.2. The normalized spacial score (nSPS) is 23.7. The van der Waals surface area contributed by atoms with E-state index in [4.69, 9.17) is 4.74 Å². The Morgan fingerprint density at radius 3 is 2.12 bits per heavy atom. The molecular formula is C24H36N2O5S. The molecule has 32 heavy (non-hydrogen) atoms. The molecule has 2 aliphatic rings. The van der Waals surface area contributed by atoms with Crippen LogP contribution >= 0.6 is 0 Å². The van der Waals surface area contributed by atoms with Crippen LogP contribution in [0.25, 0.3) is 0 Å². The SMILES string of the molecule is CC1CC(C)CN(S(=O)(=O)c2ccc(C(=O)OCC(=O)NC3CCCCCCC3)cc2)C1. The zero-order valence-corrected chi connectivity index (χ0v) is 20.0. The number of piperidine rings is 1. The van der Waals surface area contributed by atoms with Crippen molar-refractivity contribution in [2.75, 3.05) is 19.7 Å². The lowest BCUT2D eigenvalue weighted by Crippen LogP contribution is -2.42. The first-order valence-corrected chi connectivity index (χ1v) is 13.3. The summed E-state index contributed by atoms with van der Waals surface area (Å²) >= 11 is 0. The van der Waals surface area contributed by atoms with Crippen LogP contribution in [-0.2, 0) is 19.6 Å². The molecule has 3 rings (SSSR count). The molecule has 2 atom stereocenters. The average Bonchev–Trinajstić information content (AvgIpc) is 2.73. The van der Waals surface area contributed by atoms with E-state index in [0.29, 0.717) is 24.9 Å². The number of carbonyl (C=O) groups excluding carboxylic acids is 2. The van der Waals surface area contributed by atoms with Crippen LogP contribution in [0.2, 0.25) is 0 Å². The molecule has 1 saturated carbocycles. The van der Waals surface area contributed by atoms with E-state index in [1.807, 2.05) is 0 Å². The van der Waals surface area contributed by atoms with Gasteiger partial charge in [0.2, 0.25) is 10.0 Å². The van der Waals surface area contributed by atoms with Gasteiger partial charge < -0.3 is 10.1 Å². The maximum atomic E-state index is 13.0. The largest absolute Gasteiger partial charge is 0.452 e. The average molecular weight is 465 g/mol. The standard InChI is InChI=1S/C24H36N2O5S/c1-18-14-19(2)16-26(15-18)32(29,30)22-12-10-20(11-13-22)24(28)31-17-23(27)25-21-8-6-4-3-5-7-9-21/h10-13,18-19,21H,3-9,14-17H2,1-2H3,(H,25,27). The van der Waals surface area contributed by atoms with Crippen molar-refractivity contribution in [1.82, 2.24) is 9.62 Å². The summed E-state index contributed by atoms with van der Waals surface area (Å²) in [6.07, 6.45) is 8.81. The van der Waals surface area contributed by atoms with Gasteiger partial charge in [-0.3, -0.25) is 4.79 Å². The third-order valence-corrected chi connectivity index (χ3v) is 8.21. The van der Waals surface area contributed by atoms with E-state index in [1.54, 1.807) is 0 Å². The summed E-state index contributed by atoms with van der Waals surface area (Å²) in [5, 5.41) is 2.96. The van der Waals surface area contributed by atoms with Crippen molar-refractivity contribution in [3.63, 3.8) is 0 Å². The van der Waals surface area contributed by atoms with Crippen LogP contribution in [0.1, 0.15) is 75.6 Å². The molecule has 1 saturated heterocycles. The summed E-state index contributed by atoms with van der Waals surface area (Å²) in [6, 6.07) is 5.90. The van der Waals surface area contributed by atoms with E-state index in [1.165, 1.54) is 47.8 Å². The van der Waals surface area contributed by atoms with Crippen LogP contribution < -0.4 is 5.32 Å². The van der Waals surface area contributed by atoms with Crippen molar-refractivity contribution in [2.45, 2.75) is 76.2 Å². The van der Waals surface area contributed by atoms with Crippen LogP contribution in [-0.4, -0.2) is 50.3 Å². The number of sulfonamides is 1. The molecule has 1 aromatic carbocycles. The third-order valence-electron chi connectivity index (χ3n) is 6.37. The number of nitrogens with zero attached hydrogens (tertiary/aromatic N) is 1. The Morgan fingerprint density at radius 2 is 1.53 bits per heavy atom. The number of ether oxygens (including phenoxy) is 1. The van der Waals surface area contributed by atoms with Crippen LogP contribution in [0.3, 0.4) is 0 Å². The van der Waals surface area contributed by atoms with Crippen molar-refractivity contribution < 1.29 is 22.7 Å². The fourth-order valence-electron chi connectivity index (χ4n) is 4.80. The maximum absolute atomic E-state index is 13.0. The number of benzene rings is 1. The van der Waals surface area contributed by atoms with E-state index in [9.17, 15) is 18.0 Å². The second-order valence-corrected chi connectivity index (χ2v) is 11.4. The summed E-state index contributed by atoms with van der Waals surface area (Å²) in [7, 11) is -3.60. The number of hydrogen-bond donors (Lipinski definition) is 1. The molecule has 0 aromatic heterocycles. The molecule has 2 unspecified atom stereocenters. The zero-order chi connectivity index (χ0) is 23.1. The van der Waals surface area contributed by atoms with E-state index in [-0.39, 0.29) is 29.0 Å². The van der Waals surface area contributed by atoms with Gasteiger partial charge in [-0.25, -0.2) is 13.2 Å². The first-order valence-electron chi connectivity index (χ1n) is 11.8. The van der Waals surface area contributed by atoms with Crippen LogP contribution in [0, 0.1) is 11.8 Å². The topological polar surface area (TPSA) is 92.8 Å². The fourth-order valence-corrected chi connectivity index (χ4v) is 6.48. The summed E-state index contributed by atoms with van der Waals surface area (Å²) < 4.78 is 32.6. The molecule has 7 nitrogen and oxygen atoms in total. The maximum Gasteiger partial charge on any atom is 0.338 e. The van der Waals surface area contributed by atoms with Crippen molar-refractivity contribution >= 4 is 21.9 Å². The van der Waals surface area contributed by atoms with Gasteiger partial charge in [-0.15, -0.1) is 0 Å². The Labute approximate surface area is 191 Å². The smallest absolute Gasteiger partial charge is 0.338 e. The predicted molar refractivity (Wildman–Crippen MR) is 123 cm³/mol. The van der Waals surface area contributed by atoms with Crippen molar-refractivity contribution in [1.29, 1.82) is 0 Å². The number of carbonyl (C=O) groups is 2. The van der Waals surface area contributed by atoms with Crippen molar-refractivity contribution in [3.8, 4) is 0 Å². The molecule has 1 amide bonds. The van der Waals surface area contributed by atoms with Gasteiger partial charge in [0.05, 0.1) is 10.5 Å². The molecule has 0 spiro atoms. The first kappa shape index (κ1) is 24.7. The lowest BCUT2D eigenvalue weighted by molar-refractivity contribution is -0.125. The van der Waals surface area contributed by atoms with E-state index >= 15 is 0 Å². The Hall–Kier alpha value is -1.93. The van der Waals surface area contributed by atoms with Crippen molar-refractivity contribution in [2.24, 2.45) is 11.8 Å². The summed E-state index contributed by atoms with van der Waals surface area (Å²) in [4.78, 5) is 24.7. The second-order valence-electron chi connectivity index (χ2n) is 9.48. The highest BCUT2D eigenvalue weighted by molar-refractivity contribution is 7.89. The number of amides is 1. The van der Waals surface area contributed by atoms with Gasteiger partial charge in [-0.05, 0) is 55.4 Å². The number of esters is 1. The highest BCUT2D eigenvalue weighted by atomic mass is 32.2. The van der Waals surface area contributed by atoms with Gasteiger partial charge >= 0.3 is 5.97 Å². The molecule has 8 heteroatoms. The minimum absolute atomic E-state index is 0.145. The van der Waals surface area contributed by atoms with Gasteiger partial charge in [-0.2, -0.15) is 4.31 Å². The molecule has 178 valence electrons. The van der Waals surface area contributed by atoms with Gasteiger partial charge in [0.25, 0.3) is 5.91 Å². The number of nitrogens with one attached hydrogen (secondary N) is 1. The van der Waals surface area contributed by atoms with Gasteiger partial charge in [0.1, 0.15) is 0 Å². The highest BCUT2D eigenvalue weighted by Crippen LogP contribution is 2.27. The molecule has 0 radical (unpaired) electrons. The van der Waals surface area contributed by atoms with Crippen LogP contribution in [0.15, 0.2) is 29.2 Å². The monoisotopic (exact) mass is 464 g/mol. The van der Waals surface area contributed by atoms with E-state index in [2.05, 4.69) is 19.2 Å². The van der Waals surface area contributed by atoms with Gasteiger partial charge in [-0.1, -0.05) is 46.0 Å². The number of hydrogen-bond acceptors (Lipinski definition) is 5. The lowest BCUT2D eigenvalue weighted by Gasteiger charge is -2.34. The number of rotatable bonds is 6. The van der Waals surface area contributed by atoms with Crippen LogP contribution in [0.5, 0.6) is 0 Å². The van der Waals surface area contributed by atoms with Gasteiger partial charge in [0, 0.05) is 19.1 Å². The minimum Gasteiger partial charge on any atom is -0.452 e. The Bertz CT molecular complexity index is 866.